The van der Waals surface area contributed by atoms with E-state index in [1.54, 1.807) is 35.2 Å². The molecule has 0 radical (unpaired) electrons. The molecule has 1 amide bonds. The van der Waals surface area contributed by atoms with Crippen LogP contribution in [0.5, 0.6) is 0 Å². The smallest absolute Gasteiger partial charge is 0.251 e. The van der Waals surface area contributed by atoms with Gasteiger partial charge in [0, 0.05) is 36.3 Å². The summed E-state index contributed by atoms with van der Waals surface area (Å²) in [6.07, 6.45) is -2.01. The zero-order valence-corrected chi connectivity index (χ0v) is 18.9. The summed E-state index contributed by atoms with van der Waals surface area (Å²) >= 11 is 0. The van der Waals surface area contributed by atoms with E-state index in [4.69, 9.17) is 10.5 Å². The number of halogens is 3. The number of nitrogens with zero attached hydrogens (tertiary/aromatic N) is 2. The fourth-order valence-electron chi connectivity index (χ4n) is 4.68. The van der Waals surface area contributed by atoms with E-state index >= 15 is 0 Å². The van der Waals surface area contributed by atoms with E-state index < -0.39 is 12.4 Å². The number of anilines is 1. The van der Waals surface area contributed by atoms with Gasteiger partial charge in [-0.05, 0) is 40.8 Å². The first-order valence-corrected chi connectivity index (χ1v) is 11.5. The molecular formula is C26H25F3N4O2. The van der Waals surface area contributed by atoms with Crippen molar-refractivity contribution in [2.24, 2.45) is 0 Å². The molecule has 1 fully saturated rings. The minimum atomic E-state index is -2.39. The predicted octanol–water partition coefficient (Wildman–Crippen LogP) is 4.06. The van der Waals surface area contributed by atoms with Crippen LogP contribution >= 0.6 is 0 Å². The Morgan fingerprint density at radius 1 is 1.09 bits per heavy atom. The van der Waals surface area contributed by atoms with E-state index in [0.717, 1.165) is 16.7 Å². The second-order valence-corrected chi connectivity index (χ2v) is 8.77. The number of hydrogen-bond acceptors (Lipinski definition) is 5. The maximum Gasteiger partial charge on any atom is 0.251 e. The Morgan fingerprint density at radius 3 is 2.63 bits per heavy atom. The van der Waals surface area contributed by atoms with E-state index in [0.29, 0.717) is 54.9 Å². The third-order valence-corrected chi connectivity index (χ3v) is 6.49. The Balaban J connectivity index is 1.42. The summed E-state index contributed by atoms with van der Waals surface area (Å²) in [7, 11) is 0. The molecule has 0 bridgehead atoms. The van der Waals surface area contributed by atoms with Gasteiger partial charge in [-0.2, -0.15) is 4.39 Å². The second kappa shape index (κ2) is 9.67. The van der Waals surface area contributed by atoms with Gasteiger partial charge in [0.05, 0.1) is 19.3 Å². The Kier molecular flexibility index (Phi) is 6.44. The molecular weight excluding hydrogens is 457 g/mol. The van der Waals surface area contributed by atoms with Crippen LogP contribution < -0.4 is 11.1 Å². The largest absolute Gasteiger partial charge is 0.383 e. The average molecular weight is 483 g/mol. The molecule has 6 nitrogen and oxygen atoms in total. The van der Waals surface area contributed by atoms with Gasteiger partial charge in [0.25, 0.3) is 12.3 Å². The first-order valence-electron chi connectivity index (χ1n) is 11.5. The van der Waals surface area contributed by atoms with Crippen molar-refractivity contribution >= 4 is 11.7 Å². The maximum atomic E-state index is 14.8. The van der Waals surface area contributed by atoms with Crippen LogP contribution in [0.25, 0.3) is 22.3 Å². The molecule has 35 heavy (non-hydrogen) atoms. The van der Waals surface area contributed by atoms with Crippen LogP contribution in [0.4, 0.5) is 19.0 Å². The summed E-state index contributed by atoms with van der Waals surface area (Å²) in [4.78, 5) is 17.7. The summed E-state index contributed by atoms with van der Waals surface area (Å²) < 4.78 is 46.1. The van der Waals surface area contributed by atoms with Crippen molar-refractivity contribution in [3.63, 3.8) is 0 Å². The number of nitrogens with one attached hydrogen (secondary N) is 1. The summed E-state index contributed by atoms with van der Waals surface area (Å²) in [5.41, 5.74) is 10.7. The number of fused-ring (bicyclic) bond motifs is 1. The van der Waals surface area contributed by atoms with Gasteiger partial charge in [-0.1, -0.05) is 36.4 Å². The van der Waals surface area contributed by atoms with Crippen molar-refractivity contribution in [2.75, 3.05) is 38.5 Å². The van der Waals surface area contributed by atoms with Crippen molar-refractivity contribution in [2.45, 2.75) is 19.0 Å². The third-order valence-electron chi connectivity index (χ3n) is 6.49. The number of nitrogen functional groups attached to an aromatic ring is 1. The molecule has 1 unspecified atom stereocenters. The zero-order chi connectivity index (χ0) is 24.5. The number of pyridine rings is 1. The third kappa shape index (κ3) is 4.87. The van der Waals surface area contributed by atoms with E-state index in [2.05, 4.69) is 10.3 Å². The maximum absolute atomic E-state index is 14.8. The van der Waals surface area contributed by atoms with Gasteiger partial charge in [0.2, 0.25) is 5.95 Å². The van der Waals surface area contributed by atoms with Crippen LogP contribution in [-0.4, -0.2) is 55.0 Å². The summed E-state index contributed by atoms with van der Waals surface area (Å²) in [5, 5.41) is 2.82. The van der Waals surface area contributed by atoms with E-state index in [1.807, 2.05) is 18.2 Å². The molecule has 9 heteroatoms. The molecule has 2 aliphatic rings. The Morgan fingerprint density at radius 2 is 1.86 bits per heavy atom. The molecule has 1 saturated heterocycles. The quantitative estimate of drug-likeness (QED) is 0.536. The van der Waals surface area contributed by atoms with Crippen molar-refractivity contribution < 1.29 is 22.7 Å². The summed E-state index contributed by atoms with van der Waals surface area (Å²) in [5.74, 6) is -0.728. The van der Waals surface area contributed by atoms with Crippen molar-refractivity contribution in [1.29, 1.82) is 0 Å². The molecule has 1 aromatic heterocycles. The molecule has 0 spiro atoms. The number of benzene rings is 2. The van der Waals surface area contributed by atoms with E-state index in [1.165, 1.54) is 0 Å². The Hall–Kier alpha value is -3.43. The van der Waals surface area contributed by atoms with Gasteiger partial charge >= 0.3 is 0 Å². The Bertz CT molecular complexity index is 1250. The molecule has 3 aromatic rings. The number of carbonyl (C=O) groups is 1. The lowest BCUT2D eigenvalue weighted by molar-refractivity contribution is -0.0461. The standard InChI is InChI=1S/C26H25F3N4O2/c27-23(28)14-33-9-10-35-22(13-33)16-3-1-15(2-4-16)20-12-21(25(30)32-24(20)29)17-5-6-19-18(11-17)7-8-31-26(19)34/h1-6,11-12,22-23H,7-10,13-14H2,(H2,30,32)(H,31,34). The number of ether oxygens (including phenoxy) is 1. The number of nitrogens with two attached hydrogens (primary N) is 1. The topological polar surface area (TPSA) is 80.5 Å². The van der Waals surface area contributed by atoms with Gasteiger partial charge in [-0.15, -0.1) is 0 Å². The highest BCUT2D eigenvalue weighted by molar-refractivity contribution is 5.97. The van der Waals surface area contributed by atoms with Gasteiger partial charge in [0.1, 0.15) is 5.82 Å². The first-order chi connectivity index (χ1) is 16.9. The minimum absolute atomic E-state index is 0.0674. The van der Waals surface area contributed by atoms with Crippen molar-refractivity contribution in [1.82, 2.24) is 15.2 Å². The predicted molar refractivity (Wildman–Crippen MR) is 127 cm³/mol. The Labute approximate surface area is 200 Å². The SMILES string of the molecule is Nc1nc(F)c(-c2ccc(C3CN(CC(F)F)CCO3)cc2)cc1-c1ccc2c(c1)CCNC2=O. The lowest BCUT2D eigenvalue weighted by atomic mass is 9.93. The van der Waals surface area contributed by atoms with E-state index in [9.17, 15) is 18.0 Å². The summed E-state index contributed by atoms with van der Waals surface area (Å²) in [6, 6.07) is 14.3. The van der Waals surface area contributed by atoms with Crippen molar-refractivity contribution in [3.8, 4) is 22.3 Å². The molecule has 1 atom stereocenters. The fraction of sp³-hybridized carbons (Fsp3) is 0.308. The number of hydrogen-bond donors (Lipinski definition) is 2. The van der Waals surface area contributed by atoms with E-state index in [-0.39, 0.29) is 24.4 Å². The van der Waals surface area contributed by atoms with Gasteiger partial charge in [-0.3, -0.25) is 9.69 Å². The normalized spacial score (nSPS) is 18.4. The lowest BCUT2D eigenvalue weighted by Crippen LogP contribution is -2.40. The van der Waals surface area contributed by atoms with Crippen LogP contribution in [0.1, 0.15) is 27.6 Å². The molecule has 2 aliphatic heterocycles. The van der Waals surface area contributed by atoms with Crippen LogP contribution in [0.2, 0.25) is 0 Å². The molecule has 2 aromatic carbocycles. The second-order valence-electron chi connectivity index (χ2n) is 8.77. The number of amides is 1. The number of carbonyl (C=O) groups excluding carboxylic acids is 1. The number of alkyl halides is 2. The summed E-state index contributed by atoms with van der Waals surface area (Å²) in [6.45, 7) is 1.51. The van der Waals surface area contributed by atoms with Gasteiger partial charge in [0.15, 0.2) is 0 Å². The highest BCUT2D eigenvalue weighted by atomic mass is 19.3. The van der Waals surface area contributed by atoms with Gasteiger partial charge in [-0.25, -0.2) is 13.8 Å². The molecule has 5 rings (SSSR count). The number of rotatable bonds is 5. The molecule has 0 saturated carbocycles. The monoisotopic (exact) mass is 482 g/mol. The lowest BCUT2D eigenvalue weighted by Gasteiger charge is -2.32. The van der Waals surface area contributed by atoms with Gasteiger partial charge < -0.3 is 15.8 Å². The molecule has 3 heterocycles. The van der Waals surface area contributed by atoms with Crippen LogP contribution in [-0.2, 0) is 11.2 Å². The fourth-order valence-corrected chi connectivity index (χ4v) is 4.68. The molecule has 3 N–H and O–H groups in total. The first kappa shape index (κ1) is 23.3. The highest BCUT2D eigenvalue weighted by Gasteiger charge is 2.24. The molecule has 182 valence electrons. The van der Waals surface area contributed by atoms with Crippen molar-refractivity contribution in [3.05, 3.63) is 71.2 Å². The zero-order valence-electron chi connectivity index (χ0n) is 18.9. The minimum Gasteiger partial charge on any atom is -0.383 e. The average Bonchev–Trinajstić information content (AvgIpc) is 2.84. The van der Waals surface area contributed by atoms with Crippen LogP contribution in [0, 0.1) is 5.95 Å². The van der Waals surface area contributed by atoms with Crippen LogP contribution in [0.3, 0.4) is 0 Å². The highest BCUT2D eigenvalue weighted by Crippen LogP contribution is 2.34. The number of morpholine rings is 1. The number of aromatic nitrogens is 1. The molecule has 0 aliphatic carbocycles. The van der Waals surface area contributed by atoms with Crippen LogP contribution in [0.15, 0.2) is 48.5 Å².